The fourth-order valence-corrected chi connectivity index (χ4v) is 6.24. The van der Waals surface area contributed by atoms with Gasteiger partial charge in [-0.2, -0.15) is 0 Å². The van der Waals surface area contributed by atoms with Gasteiger partial charge in [0.15, 0.2) is 0 Å². The van der Waals surface area contributed by atoms with Crippen LogP contribution in [0.2, 0.25) is 0 Å². The summed E-state index contributed by atoms with van der Waals surface area (Å²) in [6, 6.07) is 16.3. The third kappa shape index (κ3) is 5.58. The van der Waals surface area contributed by atoms with Crippen LogP contribution in [0.25, 0.3) is 0 Å². The molecule has 4 rings (SSSR count). The van der Waals surface area contributed by atoms with Crippen molar-refractivity contribution < 1.29 is 27.5 Å². The Balaban J connectivity index is 1.40. The highest BCUT2D eigenvalue weighted by Crippen LogP contribution is 2.32. The standard InChI is InChI=1S/C25H25N3O6S2/c1-2-34-25(31)21-12-13-23(35-21)27-22(29)16-26-24(30)18-8-5-10-19(15-18)36(32,33)28-14-6-9-17-7-3-4-11-20(17)28/h3-5,7-8,10-13,15H,2,6,9,14,16H2,1H3,(H,26,30)(H,27,29). The number of nitrogens with one attached hydrogen (secondary N) is 2. The van der Waals surface area contributed by atoms with Crippen molar-refractivity contribution >= 4 is 49.8 Å². The maximum Gasteiger partial charge on any atom is 0.348 e. The molecule has 188 valence electrons. The first-order valence-corrected chi connectivity index (χ1v) is 13.6. The Morgan fingerprint density at radius 1 is 1.06 bits per heavy atom. The minimum atomic E-state index is -3.87. The second-order valence-electron chi connectivity index (χ2n) is 7.95. The van der Waals surface area contributed by atoms with Crippen LogP contribution in [0.3, 0.4) is 0 Å². The van der Waals surface area contributed by atoms with E-state index in [0.717, 1.165) is 23.3 Å². The van der Waals surface area contributed by atoms with Crippen molar-refractivity contribution in [2.24, 2.45) is 0 Å². The SMILES string of the molecule is CCOC(=O)c1ccc(NC(=O)CNC(=O)c2cccc(S(=O)(=O)N3CCCc4ccccc43)c2)s1. The van der Waals surface area contributed by atoms with E-state index in [1.165, 1.54) is 28.6 Å². The molecule has 2 aromatic carbocycles. The van der Waals surface area contributed by atoms with Crippen molar-refractivity contribution in [3.8, 4) is 0 Å². The molecule has 0 aliphatic carbocycles. The molecule has 0 radical (unpaired) electrons. The predicted octanol–water partition coefficient (Wildman–Crippen LogP) is 3.43. The number of carbonyl (C=O) groups is 3. The number of hydrogen-bond donors (Lipinski definition) is 2. The lowest BCUT2D eigenvalue weighted by molar-refractivity contribution is -0.115. The van der Waals surface area contributed by atoms with Gasteiger partial charge in [-0.3, -0.25) is 13.9 Å². The van der Waals surface area contributed by atoms with Crippen LogP contribution in [0.5, 0.6) is 0 Å². The Morgan fingerprint density at radius 3 is 2.67 bits per heavy atom. The lowest BCUT2D eigenvalue weighted by Crippen LogP contribution is -2.36. The second-order valence-corrected chi connectivity index (χ2v) is 10.9. The maximum absolute atomic E-state index is 13.4. The van der Waals surface area contributed by atoms with Crippen LogP contribution < -0.4 is 14.9 Å². The monoisotopic (exact) mass is 527 g/mol. The molecule has 1 aromatic heterocycles. The largest absolute Gasteiger partial charge is 0.462 e. The van der Waals surface area contributed by atoms with Crippen LogP contribution in [0.4, 0.5) is 10.7 Å². The molecule has 0 atom stereocenters. The van der Waals surface area contributed by atoms with E-state index in [1.54, 1.807) is 31.2 Å². The molecule has 1 aliphatic rings. The molecule has 2 amide bonds. The summed E-state index contributed by atoms with van der Waals surface area (Å²) in [4.78, 5) is 37.0. The average Bonchev–Trinajstić information content (AvgIpc) is 3.35. The van der Waals surface area contributed by atoms with Gasteiger partial charge < -0.3 is 15.4 Å². The molecule has 0 unspecified atom stereocenters. The highest BCUT2D eigenvalue weighted by Gasteiger charge is 2.29. The molecule has 36 heavy (non-hydrogen) atoms. The van der Waals surface area contributed by atoms with Gasteiger partial charge in [-0.15, -0.1) is 11.3 Å². The molecule has 2 N–H and O–H groups in total. The fraction of sp³-hybridized carbons (Fsp3) is 0.240. The molecule has 0 fully saturated rings. The van der Waals surface area contributed by atoms with E-state index in [-0.39, 0.29) is 23.6 Å². The van der Waals surface area contributed by atoms with E-state index < -0.39 is 27.8 Å². The van der Waals surface area contributed by atoms with Crippen LogP contribution in [-0.4, -0.2) is 45.9 Å². The van der Waals surface area contributed by atoms with Crippen LogP contribution in [0, 0.1) is 0 Å². The van der Waals surface area contributed by atoms with Gasteiger partial charge in [0.05, 0.1) is 28.7 Å². The van der Waals surface area contributed by atoms with Crippen molar-refractivity contribution in [2.75, 3.05) is 29.3 Å². The van der Waals surface area contributed by atoms with Crippen LogP contribution in [0.15, 0.2) is 65.6 Å². The summed E-state index contributed by atoms with van der Waals surface area (Å²) in [5.41, 5.74) is 1.73. The predicted molar refractivity (Wildman–Crippen MR) is 137 cm³/mol. The normalized spacial score (nSPS) is 13.0. The molecule has 3 aromatic rings. The number of benzene rings is 2. The van der Waals surface area contributed by atoms with Crippen LogP contribution in [0.1, 0.15) is 38.9 Å². The first-order valence-electron chi connectivity index (χ1n) is 11.4. The van der Waals surface area contributed by atoms with Gasteiger partial charge in [0.2, 0.25) is 5.91 Å². The molecule has 0 saturated heterocycles. The van der Waals surface area contributed by atoms with Crippen LogP contribution >= 0.6 is 11.3 Å². The summed E-state index contributed by atoms with van der Waals surface area (Å²) < 4.78 is 33.1. The summed E-state index contributed by atoms with van der Waals surface area (Å²) in [6.07, 6.45) is 1.51. The Labute approximate surface area is 213 Å². The number of fused-ring (bicyclic) bond motifs is 1. The van der Waals surface area contributed by atoms with E-state index >= 15 is 0 Å². The van der Waals surface area contributed by atoms with Gasteiger partial charge in [0.25, 0.3) is 15.9 Å². The number of anilines is 2. The summed E-state index contributed by atoms with van der Waals surface area (Å²) in [5.74, 6) is -1.55. The number of nitrogens with zero attached hydrogens (tertiary/aromatic N) is 1. The zero-order chi connectivity index (χ0) is 25.7. The topological polar surface area (TPSA) is 122 Å². The average molecular weight is 528 g/mol. The van der Waals surface area contributed by atoms with Gasteiger partial charge in [-0.1, -0.05) is 24.3 Å². The highest BCUT2D eigenvalue weighted by atomic mass is 32.2. The van der Waals surface area contributed by atoms with Crippen molar-refractivity contribution in [3.05, 3.63) is 76.7 Å². The molecule has 1 aliphatic heterocycles. The number of amides is 2. The van der Waals surface area contributed by atoms with E-state index in [9.17, 15) is 22.8 Å². The number of carbonyl (C=O) groups excluding carboxylic acids is 3. The molecular formula is C25H25N3O6S2. The molecule has 11 heteroatoms. The Bertz CT molecular complexity index is 1400. The summed E-state index contributed by atoms with van der Waals surface area (Å²) >= 11 is 1.06. The molecule has 0 spiro atoms. The Kier molecular flexibility index (Phi) is 7.70. The molecule has 0 saturated carbocycles. The number of sulfonamides is 1. The van der Waals surface area contributed by atoms with Gasteiger partial charge in [0.1, 0.15) is 4.88 Å². The number of para-hydroxylation sites is 1. The molecule has 9 nitrogen and oxygen atoms in total. The number of esters is 1. The lowest BCUT2D eigenvalue weighted by atomic mass is 10.0. The van der Waals surface area contributed by atoms with Gasteiger partial charge in [0, 0.05) is 12.1 Å². The Hall–Kier alpha value is -3.70. The highest BCUT2D eigenvalue weighted by molar-refractivity contribution is 7.92. The van der Waals surface area contributed by atoms with Crippen LogP contribution in [-0.2, 0) is 26.0 Å². The molecular weight excluding hydrogens is 502 g/mol. The van der Waals surface area contributed by atoms with E-state index in [1.807, 2.05) is 12.1 Å². The van der Waals surface area contributed by atoms with Gasteiger partial charge in [-0.05, 0) is 61.7 Å². The molecule has 2 heterocycles. The first-order chi connectivity index (χ1) is 17.3. The Morgan fingerprint density at radius 2 is 1.86 bits per heavy atom. The molecule has 0 bridgehead atoms. The fourth-order valence-electron chi connectivity index (χ4n) is 3.84. The zero-order valence-corrected chi connectivity index (χ0v) is 21.2. The summed E-state index contributed by atoms with van der Waals surface area (Å²) in [5, 5.41) is 5.54. The third-order valence-electron chi connectivity index (χ3n) is 5.51. The number of hydrogen-bond acceptors (Lipinski definition) is 7. The van der Waals surface area contributed by atoms with Crippen molar-refractivity contribution in [1.29, 1.82) is 0 Å². The number of thiophene rings is 1. The quantitative estimate of drug-likeness (QED) is 0.433. The second kappa shape index (κ2) is 10.9. The minimum Gasteiger partial charge on any atom is -0.462 e. The van der Waals surface area contributed by atoms with Gasteiger partial charge >= 0.3 is 5.97 Å². The van der Waals surface area contributed by atoms with Crippen molar-refractivity contribution in [1.82, 2.24) is 5.32 Å². The summed E-state index contributed by atoms with van der Waals surface area (Å²) in [6.45, 7) is 1.98. The zero-order valence-electron chi connectivity index (χ0n) is 19.5. The third-order valence-corrected chi connectivity index (χ3v) is 8.30. The number of rotatable bonds is 8. The lowest BCUT2D eigenvalue weighted by Gasteiger charge is -2.30. The summed E-state index contributed by atoms with van der Waals surface area (Å²) in [7, 11) is -3.87. The van der Waals surface area contributed by atoms with Crippen molar-refractivity contribution in [2.45, 2.75) is 24.7 Å². The first kappa shape index (κ1) is 25.4. The minimum absolute atomic E-state index is 0.00128. The number of ether oxygens (including phenoxy) is 1. The smallest absolute Gasteiger partial charge is 0.348 e. The van der Waals surface area contributed by atoms with Gasteiger partial charge in [-0.25, -0.2) is 13.2 Å². The van der Waals surface area contributed by atoms with E-state index in [0.29, 0.717) is 28.5 Å². The van der Waals surface area contributed by atoms with Crippen molar-refractivity contribution in [3.63, 3.8) is 0 Å². The maximum atomic E-state index is 13.4. The number of aryl methyl sites for hydroxylation is 1. The van der Waals surface area contributed by atoms with E-state index in [4.69, 9.17) is 4.74 Å². The van der Waals surface area contributed by atoms with E-state index in [2.05, 4.69) is 10.6 Å².